The topological polar surface area (TPSA) is 111 Å². The molecule has 0 aromatic carbocycles. The van der Waals surface area contributed by atoms with Crippen LogP contribution >= 0.6 is 22.9 Å². The van der Waals surface area contributed by atoms with Crippen LogP contribution in [0, 0.1) is 0 Å². The molecule has 1 fully saturated rings. The molecule has 3 aromatic rings. The van der Waals surface area contributed by atoms with Gasteiger partial charge in [0.05, 0.1) is 18.0 Å². The number of nitrogens with zero attached hydrogens (tertiary/aromatic N) is 4. The molecule has 216 valence electrons. The third-order valence-electron chi connectivity index (χ3n) is 5.38. The number of nitrogens with two attached hydrogens (primary N) is 1. The summed E-state index contributed by atoms with van der Waals surface area (Å²) < 4.78 is 108. The van der Waals surface area contributed by atoms with E-state index in [1.165, 1.54) is 13.0 Å². The number of amides is 1. The van der Waals surface area contributed by atoms with Crippen molar-refractivity contribution in [2.75, 3.05) is 0 Å². The first kappa shape index (κ1) is 30.8. The molecule has 1 unspecified atom stereocenters. The third kappa shape index (κ3) is 6.53. The van der Waals surface area contributed by atoms with Crippen LogP contribution in [0.15, 0.2) is 18.5 Å². The van der Waals surface area contributed by atoms with E-state index in [-0.39, 0.29) is 25.7 Å². The van der Waals surface area contributed by atoms with Crippen LogP contribution in [0.1, 0.15) is 48.3 Å². The number of alkyl halides is 8. The summed E-state index contributed by atoms with van der Waals surface area (Å²) in [5, 5.41) is 17.2. The van der Waals surface area contributed by atoms with E-state index >= 15 is 0 Å². The number of nitrogens with one attached hydrogen (secondary N) is 1. The quantitative estimate of drug-likeness (QED) is 0.272. The van der Waals surface area contributed by atoms with Gasteiger partial charge in [-0.15, -0.1) is 11.3 Å². The van der Waals surface area contributed by atoms with Crippen LogP contribution in [0.4, 0.5) is 35.1 Å². The summed E-state index contributed by atoms with van der Waals surface area (Å²) in [7, 11) is 0.783. The predicted molar refractivity (Wildman–Crippen MR) is 125 cm³/mol. The number of rotatable bonds is 5. The molecule has 0 radical (unpaired) electrons. The van der Waals surface area contributed by atoms with E-state index in [1.54, 1.807) is 0 Å². The number of hydrogen-bond acceptors (Lipinski definition) is 6. The lowest BCUT2D eigenvalue weighted by Gasteiger charge is -2.19. The molecule has 8 nitrogen and oxygen atoms in total. The first-order valence-corrected chi connectivity index (χ1v) is 12.1. The number of hydrogen-bond donors (Lipinski definition) is 3. The van der Waals surface area contributed by atoms with E-state index in [4.69, 9.17) is 16.7 Å². The van der Waals surface area contributed by atoms with Gasteiger partial charge < -0.3 is 16.2 Å². The molecule has 18 heteroatoms. The second-order valence-electron chi connectivity index (χ2n) is 8.97. The molecule has 0 spiro atoms. The number of thiophene rings is 1. The predicted octanol–water partition coefficient (Wildman–Crippen LogP) is 5.23. The largest absolute Gasteiger partial charge is 0.459 e. The average molecular weight is 609 g/mol. The van der Waals surface area contributed by atoms with Crippen molar-refractivity contribution in [2.45, 2.75) is 56.7 Å². The third-order valence-corrected chi connectivity index (χ3v) is 6.79. The van der Waals surface area contributed by atoms with Gasteiger partial charge in [-0.2, -0.15) is 45.3 Å². The molecule has 0 bridgehead atoms. The molecule has 4 rings (SSSR count). The Balaban J connectivity index is 0.000000983. The minimum atomic E-state index is -6.31. The zero-order chi connectivity index (χ0) is 29.7. The number of halogens is 9. The van der Waals surface area contributed by atoms with Crippen molar-refractivity contribution < 1.29 is 45.0 Å². The smallest absolute Gasteiger partial charge is 0.379 e. The molecule has 3 heterocycles. The van der Waals surface area contributed by atoms with Crippen LogP contribution < -0.4 is 11.1 Å². The van der Waals surface area contributed by atoms with Crippen LogP contribution in [0.3, 0.4) is 0 Å². The number of carbonyl (C=O) groups is 1. The van der Waals surface area contributed by atoms with E-state index in [1.807, 2.05) is 6.92 Å². The van der Waals surface area contributed by atoms with Gasteiger partial charge in [0, 0.05) is 29.2 Å². The molecule has 1 aliphatic rings. The second-order valence-corrected chi connectivity index (χ2v) is 10.6. The van der Waals surface area contributed by atoms with Crippen molar-refractivity contribution in [3.8, 4) is 16.3 Å². The van der Waals surface area contributed by atoms with Crippen LogP contribution in [0.5, 0.6) is 0 Å². The van der Waals surface area contributed by atoms with Gasteiger partial charge >= 0.3 is 18.3 Å². The Labute approximate surface area is 224 Å². The fourth-order valence-corrected chi connectivity index (χ4v) is 4.52. The molecule has 1 saturated carbocycles. The van der Waals surface area contributed by atoms with E-state index in [0.717, 1.165) is 43.6 Å². The molecule has 1 amide bonds. The van der Waals surface area contributed by atoms with Gasteiger partial charge in [0.2, 0.25) is 0 Å². The minimum Gasteiger partial charge on any atom is -0.379 e. The summed E-state index contributed by atoms with van der Waals surface area (Å²) >= 11 is 7.06. The Morgan fingerprint density at radius 2 is 1.79 bits per heavy atom. The van der Waals surface area contributed by atoms with Gasteiger partial charge in [0.15, 0.2) is 11.5 Å². The molecule has 1 atom stereocenters. The molecular formula is C21H21ClF8N6O2S. The Hall–Kier alpha value is -2.76. The standard InChI is InChI=1S/C19H14ClF8N5OS.C2H7NO/c1-16(3-4-16)30-14(34)9-5-10(35-13(9)20)8-6-29-33(7-8)15-11(18(23,24)25)12(31-32(15)2)17(21,22)19(26,27)28;1-2(3)4/h5-7H,3-4H2,1-2H3,(H,30,34);2,4H,3H2,1H3. The first-order chi connectivity index (χ1) is 17.7. The van der Waals surface area contributed by atoms with Crippen LogP contribution in [0.25, 0.3) is 16.3 Å². The number of aliphatic hydroxyl groups is 1. The highest BCUT2D eigenvalue weighted by molar-refractivity contribution is 7.19. The summed E-state index contributed by atoms with van der Waals surface area (Å²) in [6, 6.07) is 1.38. The Kier molecular flexibility index (Phi) is 8.15. The monoisotopic (exact) mass is 608 g/mol. The number of carbonyl (C=O) groups excluding carboxylic acids is 1. The Bertz CT molecular complexity index is 1350. The number of aliphatic hydroxyl groups excluding tert-OH is 1. The van der Waals surface area contributed by atoms with Crippen molar-refractivity contribution in [2.24, 2.45) is 12.8 Å². The normalized spacial score (nSPS) is 15.9. The summed E-state index contributed by atoms with van der Waals surface area (Å²) in [6.07, 6.45) is -8.97. The van der Waals surface area contributed by atoms with Crippen LogP contribution in [0.2, 0.25) is 4.34 Å². The summed E-state index contributed by atoms with van der Waals surface area (Å²) in [5.74, 6) is -7.47. The highest BCUT2D eigenvalue weighted by atomic mass is 35.5. The van der Waals surface area contributed by atoms with Gasteiger partial charge in [-0.1, -0.05) is 11.6 Å². The lowest BCUT2D eigenvalue weighted by molar-refractivity contribution is -0.292. The minimum absolute atomic E-state index is 0.0955. The van der Waals surface area contributed by atoms with Crippen molar-refractivity contribution >= 4 is 28.8 Å². The highest BCUT2D eigenvalue weighted by Gasteiger charge is 2.64. The molecule has 1 aliphatic carbocycles. The molecular weight excluding hydrogens is 588 g/mol. The summed E-state index contributed by atoms with van der Waals surface area (Å²) in [4.78, 5) is 12.8. The van der Waals surface area contributed by atoms with Crippen molar-refractivity contribution in [3.63, 3.8) is 0 Å². The maximum absolute atomic E-state index is 13.9. The molecule has 4 N–H and O–H groups in total. The van der Waals surface area contributed by atoms with Gasteiger partial charge in [-0.05, 0) is 32.8 Å². The fraction of sp³-hybridized carbons (Fsp3) is 0.476. The highest BCUT2D eigenvalue weighted by Crippen LogP contribution is 2.49. The summed E-state index contributed by atoms with van der Waals surface area (Å²) in [6.45, 7) is 3.35. The maximum Gasteiger partial charge on any atom is 0.459 e. The molecule has 0 aliphatic heterocycles. The summed E-state index contributed by atoms with van der Waals surface area (Å²) in [5.41, 5.74) is -0.169. The van der Waals surface area contributed by atoms with E-state index < -0.39 is 47.5 Å². The Morgan fingerprint density at radius 1 is 1.23 bits per heavy atom. The van der Waals surface area contributed by atoms with Crippen LogP contribution in [-0.2, 0) is 19.1 Å². The van der Waals surface area contributed by atoms with Gasteiger partial charge in [-0.3, -0.25) is 4.79 Å². The molecule has 39 heavy (non-hydrogen) atoms. The van der Waals surface area contributed by atoms with Gasteiger partial charge in [-0.25, -0.2) is 9.36 Å². The van der Waals surface area contributed by atoms with Crippen molar-refractivity contribution in [1.29, 1.82) is 0 Å². The average Bonchev–Trinajstić information content (AvgIpc) is 3.12. The van der Waals surface area contributed by atoms with Crippen LogP contribution in [-0.4, -0.2) is 48.5 Å². The zero-order valence-electron chi connectivity index (χ0n) is 20.3. The fourth-order valence-electron chi connectivity index (χ4n) is 3.28. The molecule has 3 aromatic heterocycles. The SMILES string of the molecule is CC(N)O.Cn1nc(C(F)(F)C(F)(F)F)c(C(F)(F)F)c1-n1cc(-c2cc(C(=O)NC3(C)CC3)c(Cl)s2)cn1. The first-order valence-electron chi connectivity index (χ1n) is 10.9. The number of aromatic nitrogens is 4. The van der Waals surface area contributed by atoms with Gasteiger partial charge in [0.1, 0.15) is 9.90 Å². The zero-order valence-corrected chi connectivity index (χ0v) is 21.8. The van der Waals surface area contributed by atoms with Crippen molar-refractivity contribution in [3.05, 3.63) is 39.6 Å². The Morgan fingerprint density at radius 3 is 2.28 bits per heavy atom. The molecule has 0 saturated heterocycles. The van der Waals surface area contributed by atoms with Crippen molar-refractivity contribution in [1.82, 2.24) is 24.9 Å². The number of aryl methyl sites for hydroxylation is 1. The second kappa shape index (κ2) is 10.3. The van der Waals surface area contributed by atoms with E-state index in [2.05, 4.69) is 21.2 Å². The van der Waals surface area contributed by atoms with E-state index in [0.29, 0.717) is 9.56 Å². The van der Waals surface area contributed by atoms with Gasteiger partial charge in [0.25, 0.3) is 5.91 Å². The maximum atomic E-state index is 13.9. The van der Waals surface area contributed by atoms with E-state index in [9.17, 15) is 39.9 Å². The lowest BCUT2D eigenvalue weighted by atomic mass is 10.1. The lowest BCUT2D eigenvalue weighted by Crippen LogP contribution is -2.36.